The fraction of sp³-hybridized carbons (Fsp3) is 0.571. The van der Waals surface area contributed by atoms with Crippen molar-refractivity contribution in [2.24, 2.45) is 5.73 Å². The van der Waals surface area contributed by atoms with E-state index in [1.807, 2.05) is 0 Å². The molecular formula is C14H21N3O2S. The molecule has 0 spiro atoms. The van der Waals surface area contributed by atoms with Gasteiger partial charge in [-0.3, -0.25) is 14.5 Å². The maximum atomic E-state index is 12.1. The smallest absolute Gasteiger partial charge is 0.251 e. The predicted molar refractivity (Wildman–Crippen MR) is 81.0 cm³/mol. The van der Waals surface area contributed by atoms with Gasteiger partial charge in [0.05, 0.1) is 12.1 Å². The van der Waals surface area contributed by atoms with Crippen molar-refractivity contribution in [2.75, 3.05) is 18.4 Å². The molecule has 0 bridgehead atoms. The molecule has 6 heteroatoms. The first-order valence-electron chi connectivity index (χ1n) is 7.03. The van der Waals surface area contributed by atoms with Crippen molar-refractivity contribution in [3.05, 3.63) is 17.0 Å². The van der Waals surface area contributed by atoms with Gasteiger partial charge in [0.15, 0.2) is 0 Å². The van der Waals surface area contributed by atoms with Gasteiger partial charge in [0.1, 0.15) is 5.00 Å². The minimum absolute atomic E-state index is 0.0738. The average molecular weight is 295 g/mol. The molecule has 20 heavy (non-hydrogen) atoms. The van der Waals surface area contributed by atoms with E-state index in [0.717, 1.165) is 25.8 Å². The molecule has 2 rings (SSSR count). The number of rotatable bonds is 5. The Balaban J connectivity index is 1.94. The Morgan fingerprint density at radius 2 is 2.30 bits per heavy atom. The monoisotopic (exact) mass is 295 g/mol. The van der Waals surface area contributed by atoms with Gasteiger partial charge in [-0.1, -0.05) is 13.3 Å². The maximum absolute atomic E-state index is 12.1. The van der Waals surface area contributed by atoms with Crippen molar-refractivity contribution in [2.45, 2.75) is 38.6 Å². The third kappa shape index (κ3) is 3.58. The molecule has 1 unspecified atom stereocenters. The second-order valence-corrected chi connectivity index (χ2v) is 6.02. The lowest BCUT2D eigenvalue weighted by atomic mass is 10.0. The lowest BCUT2D eigenvalue weighted by molar-refractivity contribution is -0.118. The zero-order chi connectivity index (χ0) is 14.5. The van der Waals surface area contributed by atoms with E-state index in [-0.39, 0.29) is 5.91 Å². The number of nitrogens with one attached hydrogen (secondary N) is 1. The molecule has 0 saturated carbocycles. The molecule has 5 nitrogen and oxygen atoms in total. The number of carbonyl (C=O) groups is 2. The van der Waals surface area contributed by atoms with Crippen molar-refractivity contribution >= 4 is 28.2 Å². The van der Waals surface area contributed by atoms with E-state index in [9.17, 15) is 9.59 Å². The first kappa shape index (κ1) is 15.0. The van der Waals surface area contributed by atoms with Gasteiger partial charge in [-0.05, 0) is 37.3 Å². The third-order valence-electron chi connectivity index (χ3n) is 3.75. The van der Waals surface area contributed by atoms with Crippen molar-refractivity contribution in [1.82, 2.24) is 4.90 Å². The van der Waals surface area contributed by atoms with E-state index in [1.54, 1.807) is 11.4 Å². The number of anilines is 1. The van der Waals surface area contributed by atoms with Gasteiger partial charge in [0.25, 0.3) is 5.91 Å². The van der Waals surface area contributed by atoms with Crippen molar-refractivity contribution in [1.29, 1.82) is 0 Å². The number of likely N-dealkylation sites (tertiary alicyclic amines) is 1. The van der Waals surface area contributed by atoms with Gasteiger partial charge >= 0.3 is 0 Å². The van der Waals surface area contributed by atoms with Gasteiger partial charge in [-0.25, -0.2) is 0 Å². The van der Waals surface area contributed by atoms with Gasteiger partial charge in [-0.2, -0.15) is 0 Å². The zero-order valence-corrected chi connectivity index (χ0v) is 12.5. The van der Waals surface area contributed by atoms with Crippen LogP contribution in [0.5, 0.6) is 0 Å². The van der Waals surface area contributed by atoms with Crippen LogP contribution in [0.2, 0.25) is 0 Å². The highest BCUT2D eigenvalue weighted by Crippen LogP contribution is 2.23. The molecule has 0 radical (unpaired) electrons. The molecule has 0 aliphatic carbocycles. The summed E-state index contributed by atoms with van der Waals surface area (Å²) in [4.78, 5) is 25.6. The summed E-state index contributed by atoms with van der Waals surface area (Å²) in [5, 5.41) is 5.10. The van der Waals surface area contributed by atoms with Gasteiger partial charge in [-0.15, -0.1) is 11.3 Å². The molecule has 1 aromatic heterocycles. The molecule has 1 aromatic rings. The Kier molecular flexibility index (Phi) is 5.14. The average Bonchev–Trinajstić information content (AvgIpc) is 2.87. The minimum atomic E-state index is -0.508. The highest BCUT2D eigenvalue weighted by Gasteiger charge is 2.23. The van der Waals surface area contributed by atoms with E-state index in [2.05, 4.69) is 17.1 Å². The summed E-state index contributed by atoms with van der Waals surface area (Å²) >= 11 is 1.32. The summed E-state index contributed by atoms with van der Waals surface area (Å²) in [6.45, 7) is 3.51. The Morgan fingerprint density at radius 1 is 1.50 bits per heavy atom. The van der Waals surface area contributed by atoms with Crippen LogP contribution in [0.3, 0.4) is 0 Å². The summed E-state index contributed by atoms with van der Waals surface area (Å²) in [5.74, 6) is -0.582. The van der Waals surface area contributed by atoms with Crippen LogP contribution in [0.4, 0.5) is 5.00 Å². The van der Waals surface area contributed by atoms with Crippen molar-refractivity contribution < 1.29 is 9.59 Å². The maximum Gasteiger partial charge on any atom is 0.251 e. The molecule has 2 amide bonds. The number of thiophene rings is 1. The summed E-state index contributed by atoms with van der Waals surface area (Å²) in [6.07, 6.45) is 4.62. The number of nitrogens with two attached hydrogens (primary N) is 1. The summed E-state index contributed by atoms with van der Waals surface area (Å²) < 4.78 is 0. The molecule has 3 N–H and O–H groups in total. The van der Waals surface area contributed by atoms with Crippen LogP contribution in [0.1, 0.15) is 43.0 Å². The van der Waals surface area contributed by atoms with Gasteiger partial charge in [0, 0.05) is 6.04 Å². The number of primary amides is 1. The molecule has 110 valence electrons. The fourth-order valence-corrected chi connectivity index (χ4v) is 3.49. The summed E-state index contributed by atoms with van der Waals surface area (Å²) in [7, 11) is 0. The lowest BCUT2D eigenvalue weighted by Gasteiger charge is -2.34. The Bertz CT molecular complexity index is 487. The zero-order valence-electron chi connectivity index (χ0n) is 11.7. The van der Waals surface area contributed by atoms with Crippen LogP contribution >= 0.6 is 11.3 Å². The summed E-state index contributed by atoms with van der Waals surface area (Å²) in [5.41, 5.74) is 5.65. The molecule has 1 aliphatic heterocycles. The highest BCUT2D eigenvalue weighted by molar-refractivity contribution is 7.14. The normalized spacial score (nSPS) is 19.8. The van der Waals surface area contributed by atoms with E-state index in [0.29, 0.717) is 23.2 Å². The third-order valence-corrected chi connectivity index (χ3v) is 4.58. The molecule has 1 fully saturated rings. The molecule has 1 aliphatic rings. The molecule has 0 aromatic carbocycles. The van der Waals surface area contributed by atoms with Crippen LogP contribution in [-0.4, -0.2) is 35.8 Å². The number of nitrogens with zero attached hydrogens (tertiary/aromatic N) is 1. The van der Waals surface area contributed by atoms with Crippen molar-refractivity contribution in [3.8, 4) is 0 Å². The largest absolute Gasteiger partial charge is 0.366 e. The van der Waals surface area contributed by atoms with E-state index in [1.165, 1.54) is 17.8 Å². The predicted octanol–water partition coefficient (Wildman–Crippen LogP) is 2.05. The van der Waals surface area contributed by atoms with E-state index < -0.39 is 5.91 Å². The highest BCUT2D eigenvalue weighted by atomic mass is 32.1. The summed E-state index contributed by atoms with van der Waals surface area (Å²) in [6, 6.07) is 2.13. The SMILES string of the molecule is CCC1CCCCN1CC(=O)Nc1sccc1C(N)=O. The molecule has 1 saturated heterocycles. The van der Waals surface area contributed by atoms with Crippen LogP contribution in [0, 0.1) is 0 Å². The number of carbonyl (C=O) groups excluding carboxylic acids is 2. The first-order chi connectivity index (χ1) is 9.61. The van der Waals surface area contributed by atoms with E-state index in [4.69, 9.17) is 5.73 Å². The van der Waals surface area contributed by atoms with Gasteiger partial charge in [0.2, 0.25) is 5.91 Å². The first-order valence-corrected chi connectivity index (χ1v) is 7.91. The van der Waals surface area contributed by atoms with E-state index >= 15 is 0 Å². The fourth-order valence-electron chi connectivity index (χ4n) is 2.68. The number of amides is 2. The van der Waals surface area contributed by atoms with Crippen LogP contribution in [-0.2, 0) is 4.79 Å². The second-order valence-electron chi connectivity index (χ2n) is 5.10. The Labute approximate surface area is 123 Å². The molecule has 2 heterocycles. The molecular weight excluding hydrogens is 274 g/mol. The second kappa shape index (κ2) is 6.85. The minimum Gasteiger partial charge on any atom is -0.366 e. The Hall–Kier alpha value is -1.40. The van der Waals surface area contributed by atoms with Gasteiger partial charge < -0.3 is 11.1 Å². The topological polar surface area (TPSA) is 75.4 Å². The number of hydrogen-bond donors (Lipinski definition) is 2. The quantitative estimate of drug-likeness (QED) is 0.873. The van der Waals surface area contributed by atoms with Crippen molar-refractivity contribution in [3.63, 3.8) is 0 Å². The standard InChI is InChI=1S/C14H21N3O2S/c1-2-10-5-3-4-7-17(10)9-12(18)16-14-11(13(15)19)6-8-20-14/h6,8,10H,2-5,7,9H2,1H3,(H2,15,19)(H,16,18). The number of piperidine rings is 1. The van der Waals surface area contributed by atoms with Crippen LogP contribution in [0.15, 0.2) is 11.4 Å². The van der Waals surface area contributed by atoms with Crippen LogP contribution < -0.4 is 11.1 Å². The Morgan fingerprint density at radius 3 is 3.00 bits per heavy atom. The number of hydrogen-bond acceptors (Lipinski definition) is 4. The lowest BCUT2D eigenvalue weighted by Crippen LogP contribution is -2.43. The van der Waals surface area contributed by atoms with Crippen LogP contribution in [0.25, 0.3) is 0 Å². The molecule has 1 atom stereocenters.